The minimum atomic E-state index is -4.42. The lowest BCUT2D eigenvalue weighted by molar-refractivity contribution is -0.387. The third-order valence-corrected chi connectivity index (χ3v) is 5.12. The molecule has 116 valence electrons. The lowest BCUT2D eigenvalue weighted by Gasteiger charge is -2.24. The Morgan fingerprint density at radius 3 is 2.48 bits per heavy atom. The van der Waals surface area contributed by atoms with Crippen LogP contribution in [-0.4, -0.2) is 41.3 Å². The van der Waals surface area contributed by atoms with Crippen LogP contribution >= 0.6 is 11.6 Å². The zero-order chi connectivity index (χ0) is 16.4. The predicted octanol–water partition coefficient (Wildman–Crippen LogP) is 1.73. The van der Waals surface area contributed by atoms with Crippen LogP contribution in [-0.2, 0) is 14.8 Å². The lowest BCUT2D eigenvalue weighted by Crippen LogP contribution is -2.40. The van der Waals surface area contributed by atoms with Gasteiger partial charge < -0.3 is 5.11 Å². The summed E-state index contributed by atoms with van der Waals surface area (Å²) < 4.78 is 25.7. The van der Waals surface area contributed by atoms with Gasteiger partial charge >= 0.3 is 5.97 Å². The number of carbonyl (C=O) groups is 1. The quantitative estimate of drug-likeness (QED) is 0.624. The maximum absolute atomic E-state index is 12.5. The van der Waals surface area contributed by atoms with Crippen LogP contribution in [0.25, 0.3) is 0 Å². The van der Waals surface area contributed by atoms with Crippen molar-refractivity contribution in [1.29, 1.82) is 0 Å². The van der Waals surface area contributed by atoms with E-state index in [1.54, 1.807) is 0 Å². The summed E-state index contributed by atoms with van der Waals surface area (Å²) in [6, 6.07) is 2.73. The van der Waals surface area contributed by atoms with E-state index in [9.17, 15) is 23.3 Å². The van der Waals surface area contributed by atoms with E-state index in [1.807, 2.05) is 0 Å². The Labute approximate surface area is 126 Å². The van der Waals surface area contributed by atoms with Crippen LogP contribution in [0.15, 0.2) is 23.1 Å². The van der Waals surface area contributed by atoms with Crippen LogP contribution < -0.4 is 0 Å². The summed E-state index contributed by atoms with van der Waals surface area (Å²) in [5, 5.41) is 19.5. The third kappa shape index (κ3) is 3.69. The number of carboxylic acids is 1. The first-order valence-corrected chi connectivity index (χ1v) is 7.57. The normalized spacial score (nSPS) is 11.9. The molecule has 0 aliphatic carbocycles. The molecule has 0 unspecified atom stereocenters. The van der Waals surface area contributed by atoms with E-state index >= 15 is 0 Å². The average molecular weight is 337 g/mol. The molecule has 1 rings (SSSR count). The van der Waals surface area contributed by atoms with E-state index in [1.165, 1.54) is 26.0 Å². The Morgan fingerprint density at radius 1 is 1.48 bits per heavy atom. The maximum Gasteiger partial charge on any atom is 0.318 e. The highest BCUT2D eigenvalue weighted by atomic mass is 35.5. The van der Waals surface area contributed by atoms with Gasteiger partial charge in [0.05, 0.1) is 9.95 Å². The standard InChI is InChI=1S/C11H13ClN2O6S/c1-7(2)13(6-10(15)16)21(19,20)11-8(12)4-3-5-9(11)14(17)18/h3-5,7H,6H2,1-2H3,(H,15,16). The van der Waals surface area contributed by atoms with Crippen molar-refractivity contribution < 1.29 is 23.2 Å². The number of hydrogen-bond acceptors (Lipinski definition) is 5. The molecule has 0 bridgehead atoms. The van der Waals surface area contributed by atoms with Gasteiger partial charge in [-0.1, -0.05) is 17.7 Å². The Balaban J connectivity index is 3.56. The zero-order valence-corrected chi connectivity index (χ0v) is 12.8. The highest BCUT2D eigenvalue weighted by molar-refractivity contribution is 7.89. The number of nitrogens with zero attached hydrogens (tertiary/aromatic N) is 2. The molecule has 0 aliphatic rings. The molecule has 0 fully saturated rings. The van der Waals surface area contributed by atoms with E-state index in [0.717, 1.165) is 6.07 Å². The molecule has 0 spiro atoms. The molecular weight excluding hydrogens is 324 g/mol. The molecule has 0 heterocycles. The van der Waals surface area contributed by atoms with Gasteiger partial charge in [0.2, 0.25) is 0 Å². The van der Waals surface area contributed by atoms with Gasteiger partial charge in [-0.05, 0) is 19.9 Å². The fraction of sp³-hybridized carbons (Fsp3) is 0.364. The van der Waals surface area contributed by atoms with Crippen molar-refractivity contribution in [2.24, 2.45) is 0 Å². The van der Waals surface area contributed by atoms with Crippen LogP contribution in [0.4, 0.5) is 5.69 Å². The van der Waals surface area contributed by atoms with Crippen LogP contribution in [0.1, 0.15) is 13.8 Å². The molecule has 1 aromatic carbocycles. The number of benzene rings is 1. The van der Waals surface area contributed by atoms with Gasteiger partial charge in [0.1, 0.15) is 6.54 Å². The van der Waals surface area contributed by atoms with Crippen molar-refractivity contribution in [3.8, 4) is 0 Å². The van der Waals surface area contributed by atoms with Crippen LogP contribution in [0.5, 0.6) is 0 Å². The number of nitro groups is 1. The molecule has 1 N–H and O–H groups in total. The number of sulfonamides is 1. The maximum atomic E-state index is 12.5. The summed E-state index contributed by atoms with van der Waals surface area (Å²) >= 11 is 5.79. The third-order valence-electron chi connectivity index (χ3n) is 2.58. The zero-order valence-electron chi connectivity index (χ0n) is 11.2. The Kier molecular flexibility index (Phi) is 5.26. The lowest BCUT2D eigenvalue weighted by atomic mass is 10.3. The Morgan fingerprint density at radius 2 is 2.05 bits per heavy atom. The molecule has 0 aliphatic heterocycles. The first-order valence-electron chi connectivity index (χ1n) is 5.75. The molecule has 0 saturated heterocycles. The number of halogens is 1. The average Bonchev–Trinajstić information content (AvgIpc) is 2.34. The molecule has 21 heavy (non-hydrogen) atoms. The summed E-state index contributed by atoms with van der Waals surface area (Å²) in [6.07, 6.45) is 0. The molecule has 1 aromatic rings. The molecular formula is C11H13ClN2O6S. The highest BCUT2D eigenvalue weighted by Crippen LogP contribution is 2.33. The van der Waals surface area contributed by atoms with Crippen molar-refractivity contribution in [2.45, 2.75) is 24.8 Å². The monoisotopic (exact) mass is 336 g/mol. The Bertz CT molecular complexity index is 673. The molecule has 8 nitrogen and oxygen atoms in total. The van der Waals surface area contributed by atoms with Crippen LogP contribution in [0.3, 0.4) is 0 Å². The first-order chi connectivity index (χ1) is 9.59. The topological polar surface area (TPSA) is 118 Å². The van der Waals surface area contributed by atoms with Crippen molar-refractivity contribution >= 4 is 33.3 Å². The van der Waals surface area contributed by atoms with Gasteiger partial charge in [0, 0.05) is 12.1 Å². The minimum absolute atomic E-state index is 0.333. The summed E-state index contributed by atoms with van der Waals surface area (Å²) in [6.45, 7) is 2.11. The smallest absolute Gasteiger partial charge is 0.318 e. The number of nitro benzene ring substituents is 1. The van der Waals surface area contributed by atoms with Crippen LogP contribution in [0.2, 0.25) is 5.02 Å². The van der Waals surface area contributed by atoms with Crippen molar-refractivity contribution in [1.82, 2.24) is 4.31 Å². The number of rotatable bonds is 6. The molecule has 10 heteroatoms. The summed E-state index contributed by atoms with van der Waals surface area (Å²) in [4.78, 5) is 20.2. The Hall–Kier alpha value is -1.71. The van der Waals surface area contributed by atoms with E-state index in [0.29, 0.717) is 4.31 Å². The predicted molar refractivity (Wildman–Crippen MR) is 74.8 cm³/mol. The van der Waals surface area contributed by atoms with Gasteiger partial charge in [-0.3, -0.25) is 14.9 Å². The van der Waals surface area contributed by atoms with Crippen LogP contribution in [0, 0.1) is 10.1 Å². The fourth-order valence-electron chi connectivity index (χ4n) is 1.69. The molecule has 0 aromatic heterocycles. The van der Waals surface area contributed by atoms with Gasteiger partial charge in [0.15, 0.2) is 4.90 Å². The number of hydrogen-bond donors (Lipinski definition) is 1. The number of carboxylic acid groups (broad SMARTS) is 1. The second-order valence-corrected chi connectivity index (χ2v) is 6.62. The summed E-state index contributed by atoms with van der Waals surface area (Å²) in [5.41, 5.74) is -0.696. The largest absolute Gasteiger partial charge is 0.480 e. The summed E-state index contributed by atoms with van der Waals surface area (Å²) in [7, 11) is -4.42. The number of aliphatic carboxylic acids is 1. The second-order valence-electron chi connectivity index (χ2n) is 4.38. The highest BCUT2D eigenvalue weighted by Gasteiger charge is 2.36. The molecule has 0 atom stereocenters. The van der Waals surface area contributed by atoms with Gasteiger partial charge in [-0.25, -0.2) is 8.42 Å². The van der Waals surface area contributed by atoms with Crippen molar-refractivity contribution in [3.63, 3.8) is 0 Å². The van der Waals surface area contributed by atoms with Gasteiger partial charge in [0.25, 0.3) is 15.7 Å². The van der Waals surface area contributed by atoms with E-state index in [-0.39, 0.29) is 5.02 Å². The first kappa shape index (κ1) is 17.3. The molecule has 0 radical (unpaired) electrons. The van der Waals surface area contributed by atoms with E-state index in [4.69, 9.17) is 16.7 Å². The van der Waals surface area contributed by atoms with Crippen molar-refractivity contribution in [2.75, 3.05) is 6.54 Å². The van der Waals surface area contributed by atoms with E-state index in [2.05, 4.69) is 0 Å². The summed E-state index contributed by atoms with van der Waals surface area (Å²) in [5.74, 6) is -1.37. The second kappa shape index (κ2) is 6.37. The van der Waals surface area contributed by atoms with Gasteiger partial charge in [-0.2, -0.15) is 4.31 Å². The molecule has 0 amide bonds. The molecule has 0 saturated carbocycles. The SMILES string of the molecule is CC(C)N(CC(=O)O)S(=O)(=O)c1c(Cl)cccc1[N+](=O)[O-]. The van der Waals surface area contributed by atoms with E-state index < -0.39 is 44.1 Å². The minimum Gasteiger partial charge on any atom is -0.480 e. The fourth-order valence-corrected chi connectivity index (χ4v) is 3.95. The van der Waals surface area contributed by atoms with Gasteiger partial charge in [-0.15, -0.1) is 0 Å². The van der Waals surface area contributed by atoms with Crippen molar-refractivity contribution in [3.05, 3.63) is 33.3 Å².